The van der Waals surface area contributed by atoms with Gasteiger partial charge in [-0.1, -0.05) is 5.92 Å². The number of rotatable bonds is 4. The van der Waals surface area contributed by atoms with Crippen LogP contribution in [-0.4, -0.2) is 18.4 Å². The number of amides is 2. The van der Waals surface area contributed by atoms with Gasteiger partial charge < -0.3 is 5.73 Å². The monoisotopic (exact) mass is 156 g/mol. The van der Waals surface area contributed by atoms with Gasteiger partial charge in [-0.25, -0.2) is 5.48 Å². The van der Waals surface area contributed by atoms with E-state index >= 15 is 0 Å². The first-order valence-electron chi connectivity index (χ1n) is 2.79. The molecule has 0 aromatic heterocycles. The number of primary amides is 1. The summed E-state index contributed by atoms with van der Waals surface area (Å²) in [7, 11) is 0. The summed E-state index contributed by atoms with van der Waals surface area (Å²) in [4.78, 5) is 24.9. The summed E-state index contributed by atoms with van der Waals surface area (Å²) in [5.41, 5.74) is 6.63. The molecule has 0 aliphatic rings. The van der Waals surface area contributed by atoms with E-state index in [0.717, 1.165) is 0 Å². The number of nitrogens with two attached hydrogens (primary N) is 1. The predicted octanol–water partition coefficient (Wildman–Crippen LogP) is -1.46. The number of hydrogen-bond donors (Lipinski definition) is 2. The van der Waals surface area contributed by atoms with E-state index in [0.29, 0.717) is 0 Å². The van der Waals surface area contributed by atoms with E-state index in [4.69, 9.17) is 12.2 Å². The van der Waals surface area contributed by atoms with Crippen molar-refractivity contribution in [3.63, 3.8) is 0 Å². The topological polar surface area (TPSA) is 81.4 Å². The molecule has 0 bridgehead atoms. The Kier molecular flexibility index (Phi) is 4.52. The van der Waals surface area contributed by atoms with Gasteiger partial charge >= 0.3 is 0 Å². The van der Waals surface area contributed by atoms with Crippen molar-refractivity contribution < 1.29 is 14.4 Å². The molecule has 0 heterocycles. The minimum Gasteiger partial charge on any atom is -0.368 e. The Morgan fingerprint density at radius 1 is 1.64 bits per heavy atom. The minimum absolute atomic E-state index is 0.0846. The quantitative estimate of drug-likeness (QED) is 0.385. The van der Waals surface area contributed by atoms with Crippen LogP contribution >= 0.6 is 0 Å². The molecule has 60 valence electrons. The van der Waals surface area contributed by atoms with E-state index in [9.17, 15) is 9.59 Å². The average molecular weight is 156 g/mol. The van der Waals surface area contributed by atoms with Crippen molar-refractivity contribution in [2.75, 3.05) is 6.61 Å². The highest BCUT2D eigenvalue weighted by Crippen LogP contribution is 1.74. The number of carbonyl (C=O) groups is 2. The van der Waals surface area contributed by atoms with Gasteiger partial charge in [-0.15, -0.1) is 6.42 Å². The molecule has 2 amide bonds. The minimum atomic E-state index is -0.661. The normalized spacial score (nSPS) is 8.27. The number of hydrogen-bond acceptors (Lipinski definition) is 3. The van der Waals surface area contributed by atoms with Gasteiger partial charge in [-0.2, -0.15) is 0 Å². The summed E-state index contributed by atoms with van der Waals surface area (Å²) >= 11 is 0. The number of nitrogens with one attached hydrogen (secondary N) is 1. The van der Waals surface area contributed by atoms with Gasteiger partial charge in [0.1, 0.15) is 0 Å². The maximum atomic E-state index is 10.5. The summed E-state index contributed by atoms with van der Waals surface area (Å²) in [6.07, 6.45) is 4.72. The smallest absolute Gasteiger partial charge is 0.255 e. The fourth-order valence-corrected chi connectivity index (χ4v) is 0.316. The summed E-state index contributed by atoms with van der Waals surface area (Å²) in [6, 6.07) is 0. The Balaban J connectivity index is 3.33. The van der Waals surface area contributed by atoms with Gasteiger partial charge in [0.2, 0.25) is 5.91 Å². The fraction of sp³-hybridized carbons (Fsp3) is 0.333. The van der Waals surface area contributed by atoms with Gasteiger partial charge in [-0.05, 0) is 0 Å². The molecule has 0 aliphatic heterocycles. The lowest BCUT2D eigenvalue weighted by Gasteiger charge is -1.99. The maximum absolute atomic E-state index is 10.5. The van der Waals surface area contributed by atoms with Crippen LogP contribution in [0, 0.1) is 12.3 Å². The second-order valence-corrected chi connectivity index (χ2v) is 1.66. The molecule has 3 N–H and O–H groups in total. The molecule has 0 fully saturated rings. The van der Waals surface area contributed by atoms with Crippen LogP contribution in [0.4, 0.5) is 0 Å². The fourth-order valence-electron chi connectivity index (χ4n) is 0.316. The molecule has 0 radical (unpaired) electrons. The van der Waals surface area contributed by atoms with Crippen LogP contribution in [0.3, 0.4) is 0 Å². The van der Waals surface area contributed by atoms with Crippen molar-refractivity contribution in [1.82, 2.24) is 5.48 Å². The molecular formula is C6H8N2O3. The SMILES string of the molecule is C#CCC(=O)NOCC(N)=O. The van der Waals surface area contributed by atoms with Gasteiger partial charge in [0.05, 0.1) is 6.42 Å². The summed E-state index contributed by atoms with van der Waals surface area (Å²) < 4.78 is 0. The highest BCUT2D eigenvalue weighted by atomic mass is 16.7. The molecule has 5 heteroatoms. The second-order valence-electron chi connectivity index (χ2n) is 1.66. The van der Waals surface area contributed by atoms with Gasteiger partial charge in [-0.3, -0.25) is 14.4 Å². The van der Waals surface area contributed by atoms with Crippen molar-refractivity contribution in [3.05, 3.63) is 0 Å². The highest BCUT2D eigenvalue weighted by Gasteiger charge is 1.98. The third-order valence-corrected chi connectivity index (χ3v) is 0.663. The molecule has 0 atom stereocenters. The Labute approximate surface area is 63.8 Å². The highest BCUT2D eigenvalue weighted by molar-refractivity contribution is 5.78. The van der Waals surface area contributed by atoms with Crippen molar-refractivity contribution in [1.29, 1.82) is 0 Å². The standard InChI is InChI=1S/C6H8N2O3/c1-2-3-6(10)8-11-4-5(7)9/h1H,3-4H2,(H2,7,9)(H,8,10). The summed E-state index contributed by atoms with van der Waals surface area (Å²) in [6.45, 7) is -0.351. The van der Waals surface area contributed by atoms with Crippen molar-refractivity contribution in [2.24, 2.45) is 5.73 Å². The molecule has 11 heavy (non-hydrogen) atoms. The van der Waals surface area contributed by atoms with Crippen LogP contribution in [0.5, 0.6) is 0 Å². The first-order valence-corrected chi connectivity index (χ1v) is 2.79. The van der Waals surface area contributed by atoms with Gasteiger partial charge in [0, 0.05) is 0 Å². The molecule has 0 aliphatic carbocycles. The third kappa shape index (κ3) is 6.34. The van der Waals surface area contributed by atoms with Crippen LogP contribution in [0.2, 0.25) is 0 Å². The largest absolute Gasteiger partial charge is 0.368 e. The Morgan fingerprint density at radius 2 is 2.27 bits per heavy atom. The van der Waals surface area contributed by atoms with E-state index in [2.05, 4.69) is 10.8 Å². The van der Waals surface area contributed by atoms with Crippen LogP contribution in [0.1, 0.15) is 6.42 Å². The molecule has 0 aromatic carbocycles. The van der Waals surface area contributed by atoms with Gasteiger partial charge in [0.15, 0.2) is 6.61 Å². The van der Waals surface area contributed by atoms with E-state index in [1.54, 1.807) is 0 Å². The molecule has 0 spiro atoms. The van der Waals surface area contributed by atoms with E-state index in [1.807, 2.05) is 5.48 Å². The summed E-state index contributed by atoms with van der Waals surface area (Å²) in [5, 5.41) is 0. The first-order chi connectivity index (χ1) is 5.16. The average Bonchev–Trinajstić information content (AvgIpc) is 1.87. The lowest BCUT2D eigenvalue weighted by atomic mass is 10.4. The number of carbonyl (C=O) groups excluding carboxylic acids is 2. The molecule has 0 rings (SSSR count). The zero-order chi connectivity index (χ0) is 8.69. The van der Waals surface area contributed by atoms with E-state index < -0.39 is 11.8 Å². The van der Waals surface area contributed by atoms with Crippen molar-refractivity contribution in [2.45, 2.75) is 6.42 Å². The maximum Gasteiger partial charge on any atom is 0.255 e. The van der Waals surface area contributed by atoms with Crippen LogP contribution in [0.25, 0.3) is 0 Å². The first kappa shape index (κ1) is 9.46. The van der Waals surface area contributed by atoms with Crippen LogP contribution in [0.15, 0.2) is 0 Å². The van der Waals surface area contributed by atoms with E-state index in [-0.39, 0.29) is 13.0 Å². The molecule has 0 aromatic rings. The lowest BCUT2D eigenvalue weighted by molar-refractivity contribution is -0.137. The number of terminal acetylenes is 1. The summed E-state index contributed by atoms with van der Waals surface area (Å²) in [5.74, 6) is 0.958. The Morgan fingerprint density at radius 3 is 2.73 bits per heavy atom. The molecule has 0 saturated heterocycles. The zero-order valence-electron chi connectivity index (χ0n) is 5.79. The number of hydroxylamine groups is 1. The van der Waals surface area contributed by atoms with Crippen molar-refractivity contribution in [3.8, 4) is 12.3 Å². The predicted molar refractivity (Wildman–Crippen MR) is 36.7 cm³/mol. The van der Waals surface area contributed by atoms with Crippen LogP contribution in [-0.2, 0) is 14.4 Å². The second kappa shape index (κ2) is 5.26. The Bertz CT molecular complexity index is 194. The molecule has 0 unspecified atom stereocenters. The van der Waals surface area contributed by atoms with Crippen LogP contribution < -0.4 is 11.2 Å². The third-order valence-electron chi connectivity index (χ3n) is 0.663. The molecule has 0 saturated carbocycles. The van der Waals surface area contributed by atoms with Gasteiger partial charge in [0.25, 0.3) is 5.91 Å². The van der Waals surface area contributed by atoms with Crippen molar-refractivity contribution >= 4 is 11.8 Å². The van der Waals surface area contributed by atoms with E-state index in [1.165, 1.54) is 0 Å². The Hall–Kier alpha value is -1.54. The molecule has 5 nitrogen and oxygen atoms in total. The molecular weight excluding hydrogens is 148 g/mol. The lowest BCUT2D eigenvalue weighted by Crippen LogP contribution is -2.28. The zero-order valence-corrected chi connectivity index (χ0v) is 5.79.